The van der Waals surface area contributed by atoms with E-state index in [-0.39, 0.29) is 18.0 Å². The third kappa shape index (κ3) is 4.30. The van der Waals surface area contributed by atoms with Gasteiger partial charge < -0.3 is 30.1 Å². The first-order valence-electron chi connectivity index (χ1n) is 11.0. The largest absolute Gasteiger partial charge is 0.394 e. The van der Waals surface area contributed by atoms with Gasteiger partial charge >= 0.3 is 0 Å². The van der Waals surface area contributed by atoms with Crippen LogP contribution in [-0.2, 0) is 16.1 Å². The molecule has 0 spiro atoms. The standard InChI is InChI=1S/C22H26FN5O5/c23-13-6-4-12(5-7-13)9-32-15-3-1-2-14(15)27-20-17-21(25-10-24-20)28(11-26-17)22-19(31)18(30)16(8-29)33-22/h4-7,10-11,14-16,18-19,22,29-31H,1-3,8-9H2,(H,24,25,27)/t14?,15-,16+,18+,19+,22?/m0/s1. The molecule has 1 saturated carbocycles. The van der Waals surface area contributed by atoms with Crippen LogP contribution in [0, 0.1) is 5.82 Å². The van der Waals surface area contributed by atoms with Crippen LogP contribution < -0.4 is 5.32 Å². The summed E-state index contributed by atoms with van der Waals surface area (Å²) in [4.78, 5) is 13.0. The molecule has 2 aliphatic rings. The molecule has 3 heterocycles. The molecule has 33 heavy (non-hydrogen) atoms. The van der Waals surface area contributed by atoms with Crippen LogP contribution in [-0.4, -0.2) is 71.9 Å². The zero-order valence-corrected chi connectivity index (χ0v) is 17.8. The number of aliphatic hydroxyl groups is 3. The van der Waals surface area contributed by atoms with Crippen molar-refractivity contribution in [1.29, 1.82) is 0 Å². The molecule has 3 aromatic rings. The molecular formula is C22H26FN5O5. The van der Waals surface area contributed by atoms with E-state index in [0.29, 0.717) is 23.6 Å². The fourth-order valence-corrected chi connectivity index (χ4v) is 4.50. The van der Waals surface area contributed by atoms with Gasteiger partial charge in [0, 0.05) is 0 Å². The summed E-state index contributed by atoms with van der Waals surface area (Å²) in [5, 5.41) is 33.2. The predicted molar refractivity (Wildman–Crippen MR) is 115 cm³/mol. The zero-order chi connectivity index (χ0) is 22.9. The van der Waals surface area contributed by atoms with Crippen LogP contribution in [0.25, 0.3) is 11.2 Å². The van der Waals surface area contributed by atoms with Crippen molar-refractivity contribution in [2.45, 2.75) is 62.6 Å². The van der Waals surface area contributed by atoms with E-state index in [4.69, 9.17) is 9.47 Å². The minimum absolute atomic E-state index is 0.0163. The number of anilines is 1. The highest BCUT2D eigenvalue weighted by Gasteiger charge is 2.44. The highest BCUT2D eigenvalue weighted by atomic mass is 19.1. The van der Waals surface area contributed by atoms with Crippen molar-refractivity contribution >= 4 is 17.0 Å². The Morgan fingerprint density at radius 3 is 2.70 bits per heavy atom. The van der Waals surface area contributed by atoms with E-state index in [1.54, 1.807) is 12.1 Å². The molecule has 6 atom stereocenters. The van der Waals surface area contributed by atoms with Gasteiger partial charge in [-0.2, -0.15) is 0 Å². The monoisotopic (exact) mass is 459 g/mol. The average molecular weight is 459 g/mol. The van der Waals surface area contributed by atoms with Gasteiger partial charge in [-0.05, 0) is 37.0 Å². The average Bonchev–Trinajstić information content (AvgIpc) is 3.52. The second kappa shape index (κ2) is 9.27. The van der Waals surface area contributed by atoms with E-state index < -0.39 is 31.1 Å². The Bertz CT molecular complexity index is 1100. The zero-order valence-electron chi connectivity index (χ0n) is 17.8. The van der Waals surface area contributed by atoms with E-state index >= 15 is 0 Å². The molecule has 0 amide bonds. The predicted octanol–water partition coefficient (Wildman–Crippen LogP) is 1.13. The number of ether oxygens (including phenoxy) is 2. The number of imidazole rings is 1. The van der Waals surface area contributed by atoms with Crippen LogP contribution in [0.3, 0.4) is 0 Å². The van der Waals surface area contributed by atoms with E-state index in [1.807, 2.05) is 0 Å². The fraction of sp³-hybridized carbons (Fsp3) is 0.500. The number of rotatable bonds is 7. The number of benzene rings is 1. The summed E-state index contributed by atoms with van der Waals surface area (Å²) < 4.78 is 26.4. The van der Waals surface area contributed by atoms with Crippen LogP contribution in [0.4, 0.5) is 10.2 Å². The molecule has 176 valence electrons. The first kappa shape index (κ1) is 22.1. The number of fused-ring (bicyclic) bond motifs is 1. The number of nitrogens with zero attached hydrogens (tertiary/aromatic N) is 4. The Balaban J connectivity index is 1.31. The van der Waals surface area contributed by atoms with E-state index in [9.17, 15) is 19.7 Å². The fourth-order valence-electron chi connectivity index (χ4n) is 4.50. The van der Waals surface area contributed by atoms with Crippen molar-refractivity contribution in [3.63, 3.8) is 0 Å². The quantitative estimate of drug-likeness (QED) is 0.410. The number of aliphatic hydroxyl groups excluding tert-OH is 3. The lowest BCUT2D eigenvalue weighted by Gasteiger charge is -2.22. The lowest BCUT2D eigenvalue weighted by Crippen LogP contribution is -2.33. The van der Waals surface area contributed by atoms with Gasteiger partial charge in [0.1, 0.15) is 30.5 Å². The highest BCUT2D eigenvalue weighted by molar-refractivity contribution is 5.82. The summed E-state index contributed by atoms with van der Waals surface area (Å²) in [5.74, 6) is 0.260. The molecule has 0 radical (unpaired) electrons. The molecule has 4 N–H and O–H groups in total. The lowest BCUT2D eigenvalue weighted by atomic mass is 10.1. The SMILES string of the molecule is OC[C@H]1OC(n2cnc3c(NC4CCC[C@@H]4OCc4ccc(F)cc4)ncnc32)[C@H](O)[C@@H]1O. The number of halogens is 1. The van der Waals surface area contributed by atoms with Crippen LogP contribution in [0.5, 0.6) is 0 Å². The summed E-state index contributed by atoms with van der Waals surface area (Å²) in [6, 6.07) is 6.28. The van der Waals surface area contributed by atoms with Crippen LogP contribution in [0.15, 0.2) is 36.9 Å². The normalized spacial score (nSPS) is 29.7. The molecule has 1 aliphatic heterocycles. The summed E-state index contributed by atoms with van der Waals surface area (Å²) >= 11 is 0. The van der Waals surface area contributed by atoms with E-state index in [1.165, 1.54) is 29.4 Å². The van der Waals surface area contributed by atoms with Crippen molar-refractivity contribution < 1.29 is 29.2 Å². The third-order valence-corrected chi connectivity index (χ3v) is 6.30. The molecule has 11 heteroatoms. The summed E-state index contributed by atoms with van der Waals surface area (Å²) in [7, 11) is 0. The maximum Gasteiger partial charge on any atom is 0.167 e. The van der Waals surface area contributed by atoms with Crippen molar-refractivity contribution in [3.8, 4) is 0 Å². The second-order valence-corrected chi connectivity index (χ2v) is 8.43. The molecule has 0 bridgehead atoms. The topological polar surface area (TPSA) is 135 Å². The molecule has 5 rings (SSSR count). The third-order valence-electron chi connectivity index (χ3n) is 6.30. The second-order valence-electron chi connectivity index (χ2n) is 8.43. The summed E-state index contributed by atoms with van der Waals surface area (Å²) in [6.45, 7) is -0.0215. The van der Waals surface area contributed by atoms with Crippen molar-refractivity contribution in [2.24, 2.45) is 0 Å². The Morgan fingerprint density at radius 2 is 1.94 bits per heavy atom. The first-order chi connectivity index (χ1) is 16.0. The number of hydrogen-bond acceptors (Lipinski definition) is 9. The van der Waals surface area contributed by atoms with Gasteiger partial charge in [0.05, 0.1) is 31.7 Å². The molecule has 2 aromatic heterocycles. The number of aromatic nitrogens is 4. The van der Waals surface area contributed by atoms with Gasteiger partial charge in [0.2, 0.25) is 0 Å². The van der Waals surface area contributed by atoms with Gasteiger partial charge in [0.15, 0.2) is 23.2 Å². The maximum absolute atomic E-state index is 13.1. The lowest BCUT2D eigenvalue weighted by molar-refractivity contribution is -0.0511. The minimum atomic E-state index is -1.23. The van der Waals surface area contributed by atoms with Crippen molar-refractivity contribution in [3.05, 3.63) is 48.3 Å². The molecule has 10 nitrogen and oxygen atoms in total. The minimum Gasteiger partial charge on any atom is -0.394 e. The van der Waals surface area contributed by atoms with Gasteiger partial charge in [0.25, 0.3) is 0 Å². The Morgan fingerprint density at radius 1 is 1.12 bits per heavy atom. The highest BCUT2D eigenvalue weighted by Crippen LogP contribution is 2.33. The van der Waals surface area contributed by atoms with Crippen LogP contribution in [0.2, 0.25) is 0 Å². The van der Waals surface area contributed by atoms with Gasteiger partial charge in [-0.3, -0.25) is 4.57 Å². The van der Waals surface area contributed by atoms with Crippen molar-refractivity contribution in [2.75, 3.05) is 11.9 Å². The van der Waals surface area contributed by atoms with E-state index in [0.717, 1.165) is 24.8 Å². The summed E-state index contributed by atoms with van der Waals surface area (Å²) in [5.41, 5.74) is 1.84. The Labute approximate surface area is 189 Å². The first-order valence-corrected chi connectivity index (χ1v) is 11.0. The van der Waals surface area contributed by atoms with Crippen LogP contribution >= 0.6 is 0 Å². The molecule has 1 aliphatic carbocycles. The number of hydrogen-bond donors (Lipinski definition) is 4. The number of nitrogens with one attached hydrogen (secondary N) is 1. The molecular weight excluding hydrogens is 433 g/mol. The Hall–Kier alpha value is -2.70. The molecule has 2 fully saturated rings. The summed E-state index contributed by atoms with van der Waals surface area (Å²) in [6.07, 6.45) is 1.36. The van der Waals surface area contributed by atoms with Crippen LogP contribution in [0.1, 0.15) is 31.1 Å². The molecule has 1 saturated heterocycles. The molecule has 1 aromatic carbocycles. The smallest absolute Gasteiger partial charge is 0.167 e. The maximum atomic E-state index is 13.1. The molecule has 2 unspecified atom stereocenters. The van der Waals surface area contributed by atoms with Gasteiger partial charge in [-0.25, -0.2) is 19.3 Å². The van der Waals surface area contributed by atoms with Gasteiger partial charge in [-0.1, -0.05) is 12.1 Å². The van der Waals surface area contributed by atoms with Gasteiger partial charge in [-0.15, -0.1) is 0 Å². The van der Waals surface area contributed by atoms with Crippen molar-refractivity contribution in [1.82, 2.24) is 19.5 Å². The van der Waals surface area contributed by atoms with E-state index in [2.05, 4.69) is 20.3 Å². The Kier molecular flexibility index (Phi) is 6.21.